The number of amides is 1. The molecular formula is C20H19NO2S. The van der Waals surface area contributed by atoms with Crippen LogP contribution in [-0.4, -0.2) is 17.7 Å². The van der Waals surface area contributed by atoms with E-state index < -0.39 is 0 Å². The summed E-state index contributed by atoms with van der Waals surface area (Å²) in [6.45, 7) is 4.88. The minimum Gasteiger partial charge on any atom is -0.451 e. The van der Waals surface area contributed by atoms with Crippen molar-refractivity contribution >= 4 is 34.3 Å². The van der Waals surface area contributed by atoms with Crippen LogP contribution in [0.4, 0.5) is 5.69 Å². The van der Waals surface area contributed by atoms with Gasteiger partial charge in [0.25, 0.3) is 5.91 Å². The first-order valence-electron chi connectivity index (χ1n) is 8.21. The van der Waals surface area contributed by atoms with Crippen LogP contribution in [-0.2, 0) is 0 Å². The van der Waals surface area contributed by atoms with Crippen molar-refractivity contribution in [1.82, 2.24) is 0 Å². The number of carbonyl (C=O) groups is 1. The molecule has 2 heterocycles. The van der Waals surface area contributed by atoms with Gasteiger partial charge in [-0.3, -0.25) is 4.79 Å². The molecule has 0 N–H and O–H groups in total. The van der Waals surface area contributed by atoms with Crippen LogP contribution in [0, 0.1) is 6.92 Å². The lowest BCUT2D eigenvalue weighted by atomic mass is 10.1. The van der Waals surface area contributed by atoms with Gasteiger partial charge in [0.1, 0.15) is 5.58 Å². The van der Waals surface area contributed by atoms with E-state index in [2.05, 4.69) is 13.0 Å². The van der Waals surface area contributed by atoms with Crippen LogP contribution in [0.2, 0.25) is 0 Å². The van der Waals surface area contributed by atoms with E-state index in [4.69, 9.17) is 4.42 Å². The SMILES string of the molecule is Cc1c(C(=O)N2CC[C@@H](C)Sc3ccccc32)oc2ccccc12. The number of benzene rings is 2. The highest BCUT2D eigenvalue weighted by molar-refractivity contribution is 8.00. The van der Waals surface area contributed by atoms with Crippen molar-refractivity contribution in [1.29, 1.82) is 0 Å². The van der Waals surface area contributed by atoms with Crippen LogP contribution < -0.4 is 4.90 Å². The Morgan fingerprint density at radius 1 is 1.17 bits per heavy atom. The number of thioether (sulfide) groups is 1. The van der Waals surface area contributed by atoms with E-state index in [0.29, 0.717) is 17.6 Å². The molecule has 24 heavy (non-hydrogen) atoms. The molecule has 0 saturated heterocycles. The van der Waals surface area contributed by atoms with E-state index in [-0.39, 0.29) is 5.91 Å². The fourth-order valence-electron chi connectivity index (χ4n) is 3.20. The maximum atomic E-state index is 13.2. The Morgan fingerprint density at radius 2 is 1.92 bits per heavy atom. The standard InChI is InChI=1S/C20H19NO2S/c1-13-11-12-21(16-8-4-6-10-18(16)24-13)20(22)19-14(2)15-7-3-5-9-17(15)23-19/h3-10,13H,11-12H2,1-2H3/t13-/m1/s1. The number of aryl methyl sites for hydroxylation is 1. The largest absolute Gasteiger partial charge is 0.451 e. The van der Waals surface area contributed by atoms with E-state index in [0.717, 1.165) is 33.5 Å². The third-order valence-corrected chi connectivity index (χ3v) is 5.76. The zero-order valence-corrected chi connectivity index (χ0v) is 14.6. The van der Waals surface area contributed by atoms with Gasteiger partial charge in [-0.1, -0.05) is 37.3 Å². The van der Waals surface area contributed by atoms with Crippen LogP contribution >= 0.6 is 11.8 Å². The molecule has 3 nitrogen and oxygen atoms in total. The van der Waals surface area contributed by atoms with Crippen LogP contribution in [0.1, 0.15) is 29.5 Å². The van der Waals surface area contributed by atoms with E-state index in [1.807, 2.05) is 66.1 Å². The quantitative estimate of drug-likeness (QED) is 0.606. The second-order valence-corrected chi connectivity index (χ2v) is 7.67. The summed E-state index contributed by atoms with van der Waals surface area (Å²) in [7, 11) is 0. The van der Waals surface area contributed by atoms with E-state index in [1.165, 1.54) is 0 Å². The molecule has 0 aliphatic carbocycles. The second-order valence-electron chi connectivity index (χ2n) is 6.19. The zero-order chi connectivity index (χ0) is 16.7. The van der Waals surface area contributed by atoms with Crippen LogP contribution in [0.15, 0.2) is 57.8 Å². The number of fused-ring (bicyclic) bond motifs is 2. The monoisotopic (exact) mass is 337 g/mol. The summed E-state index contributed by atoms with van der Waals surface area (Å²) in [5, 5.41) is 1.49. The van der Waals surface area contributed by atoms with Crippen molar-refractivity contribution in [3.63, 3.8) is 0 Å². The Balaban J connectivity index is 1.80. The summed E-state index contributed by atoms with van der Waals surface area (Å²) in [4.78, 5) is 16.3. The summed E-state index contributed by atoms with van der Waals surface area (Å²) in [6, 6.07) is 15.9. The molecule has 1 aromatic heterocycles. The molecule has 0 unspecified atom stereocenters. The molecule has 0 spiro atoms. The number of nitrogens with zero attached hydrogens (tertiary/aromatic N) is 1. The van der Waals surface area contributed by atoms with Crippen molar-refractivity contribution in [2.75, 3.05) is 11.4 Å². The maximum absolute atomic E-state index is 13.2. The first-order chi connectivity index (χ1) is 11.6. The fraction of sp³-hybridized carbons (Fsp3) is 0.250. The van der Waals surface area contributed by atoms with E-state index >= 15 is 0 Å². The van der Waals surface area contributed by atoms with Gasteiger partial charge in [-0.15, -0.1) is 11.8 Å². The Labute approximate surface area is 145 Å². The van der Waals surface area contributed by atoms with Gasteiger partial charge >= 0.3 is 0 Å². The molecule has 0 fully saturated rings. The van der Waals surface area contributed by atoms with Gasteiger partial charge in [-0.25, -0.2) is 0 Å². The van der Waals surface area contributed by atoms with Gasteiger partial charge in [0.2, 0.25) is 0 Å². The van der Waals surface area contributed by atoms with Crippen LogP contribution in [0.25, 0.3) is 11.0 Å². The summed E-state index contributed by atoms with van der Waals surface area (Å²) in [5.41, 5.74) is 2.67. The molecule has 1 amide bonds. The second kappa shape index (κ2) is 6.02. The molecule has 0 bridgehead atoms. The highest BCUT2D eigenvalue weighted by Crippen LogP contribution is 2.38. The predicted molar refractivity (Wildman–Crippen MR) is 99.0 cm³/mol. The fourth-order valence-corrected chi connectivity index (χ4v) is 4.31. The summed E-state index contributed by atoms with van der Waals surface area (Å²) in [5.74, 6) is 0.399. The van der Waals surface area contributed by atoms with Gasteiger partial charge in [0.15, 0.2) is 5.76 Å². The summed E-state index contributed by atoms with van der Waals surface area (Å²) >= 11 is 1.83. The number of carbonyl (C=O) groups excluding carboxylic acids is 1. The van der Waals surface area contributed by atoms with E-state index in [9.17, 15) is 4.79 Å². The smallest absolute Gasteiger partial charge is 0.294 e. The van der Waals surface area contributed by atoms with Crippen molar-refractivity contribution < 1.29 is 9.21 Å². The molecule has 4 rings (SSSR count). The van der Waals surface area contributed by atoms with E-state index in [1.54, 1.807) is 0 Å². The highest BCUT2D eigenvalue weighted by atomic mass is 32.2. The topological polar surface area (TPSA) is 33.5 Å². The average Bonchev–Trinajstić information content (AvgIpc) is 2.83. The van der Waals surface area contributed by atoms with Gasteiger partial charge in [-0.2, -0.15) is 0 Å². The highest BCUT2D eigenvalue weighted by Gasteiger charge is 2.28. The van der Waals surface area contributed by atoms with Crippen LogP contribution in [0.3, 0.4) is 0 Å². The van der Waals surface area contributed by atoms with Crippen molar-refractivity contribution in [3.8, 4) is 0 Å². The zero-order valence-electron chi connectivity index (χ0n) is 13.8. The molecular weight excluding hydrogens is 318 g/mol. The molecule has 3 aromatic rings. The molecule has 1 aliphatic heterocycles. The lowest BCUT2D eigenvalue weighted by Crippen LogP contribution is -2.32. The molecule has 122 valence electrons. The Hall–Kier alpha value is -2.20. The maximum Gasteiger partial charge on any atom is 0.294 e. The molecule has 1 atom stereocenters. The molecule has 0 saturated carbocycles. The first kappa shape index (κ1) is 15.3. The summed E-state index contributed by atoms with van der Waals surface area (Å²) in [6.07, 6.45) is 0.963. The van der Waals surface area contributed by atoms with Crippen molar-refractivity contribution in [3.05, 3.63) is 59.9 Å². The van der Waals surface area contributed by atoms with Gasteiger partial charge in [0.05, 0.1) is 5.69 Å². The predicted octanol–water partition coefficient (Wildman–Crippen LogP) is 5.27. The van der Waals surface area contributed by atoms with Gasteiger partial charge < -0.3 is 9.32 Å². The molecule has 2 aromatic carbocycles. The third kappa shape index (κ3) is 2.51. The number of furan rings is 1. The normalized spacial score (nSPS) is 17.6. The number of hydrogen-bond donors (Lipinski definition) is 0. The average molecular weight is 337 g/mol. The minimum absolute atomic E-state index is 0.0501. The molecule has 1 aliphatic rings. The van der Waals surface area contributed by atoms with Gasteiger partial charge in [-0.05, 0) is 31.5 Å². The Morgan fingerprint density at radius 3 is 2.75 bits per heavy atom. The third-order valence-electron chi connectivity index (χ3n) is 4.53. The van der Waals surface area contributed by atoms with Crippen molar-refractivity contribution in [2.45, 2.75) is 30.4 Å². The summed E-state index contributed by atoms with van der Waals surface area (Å²) < 4.78 is 5.90. The van der Waals surface area contributed by atoms with Gasteiger partial charge in [0, 0.05) is 27.6 Å². The lowest BCUT2D eigenvalue weighted by Gasteiger charge is -2.21. The van der Waals surface area contributed by atoms with Crippen LogP contribution in [0.5, 0.6) is 0 Å². The first-order valence-corrected chi connectivity index (χ1v) is 9.09. The number of rotatable bonds is 1. The van der Waals surface area contributed by atoms with Crippen molar-refractivity contribution in [2.24, 2.45) is 0 Å². The number of hydrogen-bond acceptors (Lipinski definition) is 3. The Kier molecular flexibility index (Phi) is 3.85. The number of anilines is 1. The molecule has 0 radical (unpaired) electrons. The minimum atomic E-state index is -0.0501. The molecule has 4 heteroatoms. The Bertz CT molecular complexity index is 915. The number of para-hydroxylation sites is 2. The lowest BCUT2D eigenvalue weighted by molar-refractivity contribution is 0.0961.